The van der Waals surface area contributed by atoms with Crippen LogP contribution in [0, 0.1) is 0 Å². The third-order valence-corrected chi connectivity index (χ3v) is 2.72. The van der Waals surface area contributed by atoms with E-state index < -0.39 is 16.6 Å². The van der Waals surface area contributed by atoms with Crippen LogP contribution >= 0.6 is 0 Å². The van der Waals surface area contributed by atoms with Gasteiger partial charge in [0.15, 0.2) is 0 Å². The van der Waals surface area contributed by atoms with E-state index in [0.29, 0.717) is 5.76 Å². The predicted molar refractivity (Wildman–Crippen MR) is 75.6 cm³/mol. The molecular weight excluding hydrogens is 234 g/mol. The Kier molecular flexibility index (Phi) is 5.74. The first-order valence-electron chi connectivity index (χ1n) is 5.36. The van der Waals surface area contributed by atoms with E-state index in [0.717, 1.165) is 0 Å². The summed E-state index contributed by atoms with van der Waals surface area (Å²) in [5.41, 5.74) is 0. The van der Waals surface area contributed by atoms with Gasteiger partial charge in [-0.25, -0.2) is 0 Å². The van der Waals surface area contributed by atoms with Gasteiger partial charge in [0.1, 0.15) is 0 Å². The van der Waals surface area contributed by atoms with E-state index in [4.69, 9.17) is 8.95 Å². The second kappa shape index (κ2) is 6.05. The zero-order valence-electron chi connectivity index (χ0n) is 11.2. The first-order chi connectivity index (χ1) is 7.10. The highest BCUT2D eigenvalue weighted by molar-refractivity contribution is 6.70. The largest absolute Gasteiger partial charge is 0.545 e. The van der Waals surface area contributed by atoms with Crippen LogP contribution in [0.5, 0.6) is 0 Å². The number of nitrogens with zero attached hydrogens (tertiary/aromatic N) is 1. The minimum atomic E-state index is -1.55. The molecule has 3 nitrogen and oxygen atoms in total. The van der Waals surface area contributed by atoms with Crippen molar-refractivity contribution in [2.45, 2.75) is 39.3 Å². The summed E-state index contributed by atoms with van der Waals surface area (Å²) in [6.45, 7) is 16.4. The van der Waals surface area contributed by atoms with Gasteiger partial charge >= 0.3 is 0 Å². The van der Waals surface area contributed by atoms with E-state index in [2.05, 4.69) is 51.0 Å². The number of hydrogen-bond acceptors (Lipinski definition) is 3. The Bertz CT molecular complexity index is 285. The van der Waals surface area contributed by atoms with Gasteiger partial charge in [0.2, 0.25) is 8.32 Å². The first-order valence-corrected chi connectivity index (χ1v) is 12.2. The lowest BCUT2D eigenvalue weighted by atomic mass is 10.5. The van der Waals surface area contributed by atoms with Gasteiger partial charge in [-0.3, -0.25) is 0 Å². The fourth-order valence-corrected chi connectivity index (χ4v) is 2.03. The summed E-state index contributed by atoms with van der Waals surface area (Å²) in [7, 11) is -3.09. The van der Waals surface area contributed by atoms with Crippen molar-refractivity contribution in [3.05, 3.63) is 24.5 Å². The van der Waals surface area contributed by atoms with Crippen LogP contribution in [0.4, 0.5) is 0 Å². The summed E-state index contributed by atoms with van der Waals surface area (Å²) in [4.78, 5) is 0. The van der Waals surface area contributed by atoms with Gasteiger partial charge in [-0.15, -0.1) is 5.16 Å². The lowest BCUT2D eigenvalue weighted by Gasteiger charge is -2.18. The highest BCUT2D eigenvalue weighted by Gasteiger charge is 2.15. The normalized spacial score (nSPS) is 13.4. The molecule has 0 spiro atoms. The molecule has 5 heteroatoms. The van der Waals surface area contributed by atoms with Gasteiger partial charge < -0.3 is 8.95 Å². The highest BCUT2D eigenvalue weighted by Crippen LogP contribution is 2.09. The molecule has 0 radical (unpaired) electrons. The number of hydrogen-bond donors (Lipinski definition) is 0. The summed E-state index contributed by atoms with van der Waals surface area (Å²) in [6, 6.07) is 0. The van der Waals surface area contributed by atoms with Gasteiger partial charge in [-0.2, -0.15) is 0 Å². The van der Waals surface area contributed by atoms with Crippen LogP contribution in [0.15, 0.2) is 29.6 Å². The Balaban J connectivity index is 3.98. The van der Waals surface area contributed by atoms with Crippen molar-refractivity contribution in [3.63, 3.8) is 0 Å². The molecule has 92 valence electrons. The zero-order valence-corrected chi connectivity index (χ0v) is 13.2. The van der Waals surface area contributed by atoms with Crippen molar-refractivity contribution < 1.29 is 8.95 Å². The Morgan fingerprint density at radius 3 is 2.06 bits per heavy atom. The van der Waals surface area contributed by atoms with Crippen molar-refractivity contribution in [1.29, 1.82) is 0 Å². The van der Waals surface area contributed by atoms with Crippen molar-refractivity contribution in [3.8, 4) is 0 Å². The molecule has 0 unspecified atom stereocenters. The van der Waals surface area contributed by atoms with Crippen LogP contribution in [0.25, 0.3) is 0 Å². The molecule has 0 aromatic carbocycles. The molecule has 0 fully saturated rings. The molecule has 0 rings (SSSR count). The molecule has 16 heavy (non-hydrogen) atoms. The molecule has 0 aromatic rings. The number of allylic oxidation sites excluding steroid dienone is 2. The van der Waals surface area contributed by atoms with E-state index in [9.17, 15) is 0 Å². The van der Waals surface area contributed by atoms with E-state index in [1.54, 1.807) is 18.4 Å². The van der Waals surface area contributed by atoms with Gasteiger partial charge in [0.25, 0.3) is 8.32 Å². The van der Waals surface area contributed by atoms with Crippen molar-refractivity contribution in [1.82, 2.24) is 0 Å². The quantitative estimate of drug-likeness (QED) is 0.238. The summed E-state index contributed by atoms with van der Waals surface area (Å²) in [5, 5.41) is 3.88. The van der Waals surface area contributed by atoms with Gasteiger partial charge in [0.05, 0.1) is 12.0 Å². The highest BCUT2D eigenvalue weighted by atomic mass is 28.4. The smallest absolute Gasteiger partial charge is 0.278 e. The number of oxime groups is 1. The fourth-order valence-electron chi connectivity index (χ4n) is 0.801. The van der Waals surface area contributed by atoms with Crippen LogP contribution < -0.4 is 0 Å². The molecule has 0 atom stereocenters. The molecular formula is C11H23NO2Si2. The topological polar surface area (TPSA) is 30.8 Å². The van der Waals surface area contributed by atoms with Gasteiger partial charge in [-0.1, -0.05) is 6.58 Å². The lowest BCUT2D eigenvalue weighted by Crippen LogP contribution is -2.24. The molecule has 0 aliphatic carbocycles. The fraction of sp³-hybridized carbons (Fsp3) is 0.545. The van der Waals surface area contributed by atoms with Crippen molar-refractivity contribution in [2.75, 3.05) is 0 Å². The molecule has 0 saturated heterocycles. The van der Waals surface area contributed by atoms with E-state index >= 15 is 0 Å². The molecule has 0 heterocycles. The molecule has 0 aliphatic rings. The summed E-state index contributed by atoms with van der Waals surface area (Å²) < 4.78 is 11.0. The van der Waals surface area contributed by atoms with Gasteiger partial charge in [-0.05, 0) is 51.4 Å². The molecule has 0 N–H and O–H groups in total. The van der Waals surface area contributed by atoms with Gasteiger partial charge in [0, 0.05) is 0 Å². The second-order valence-electron chi connectivity index (χ2n) is 5.50. The average Bonchev–Trinajstić information content (AvgIpc) is 1.97. The monoisotopic (exact) mass is 257 g/mol. The summed E-state index contributed by atoms with van der Waals surface area (Å²) in [6.07, 6.45) is 5.20. The molecule has 0 aliphatic heterocycles. The van der Waals surface area contributed by atoms with Crippen LogP contribution in [-0.2, 0) is 8.95 Å². The Morgan fingerprint density at radius 1 is 1.06 bits per heavy atom. The first kappa shape index (κ1) is 15.2. The van der Waals surface area contributed by atoms with Crippen LogP contribution in [0.1, 0.15) is 0 Å². The average molecular weight is 257 g/mol. The SMILES string of the molecule is C=C(/C=C/C=N/O[Si](C)(C)C)O[Si](C)(C)C. The zero-order chi connectivity index (χ0) is 12.8. The lowest BCUT2D eigenvalue weighted by molar-refractivity contribution is 0.338. The molecule has 0 amide bonds. The summed E-state index contributed by atoms with van der Waals surface area (Å²) >= 11 is 0. The van der Waals surface area contributed by atoms with Crippen LogP contribution in [0.3, 0.4) is 0 Å². The molecule has 0 bridgehead atoms. The second-order valence-corrected chi connectivity index (χ2v) is 14.3. The van der Waals surface area contributed by atoms with E-state index in [1.165, 1.54) is 0 Å². The Labute approximate surface area is 101 Å². The Morgan fingerprint density at radius 2 is 1.62 bits per heavy atom. The maximum absolute atomic E-state index is 5.65. The molecule has 0 aromatic heterocycles. The van der Waals surface area contributed by atoms with Crippen LogP contribution in [0.2, 0.25) is 39.3 Å². The third-order valence-electron chi connectivity index (χ3n) is 1.19. The minimum Gasteiger partial charge on any atom is -0.545 e. The predicted octanol–water partition coefficient (Wildman–Crippen LogP) is 3.75. The Hall–Kier alpha value is -0.816. The third kappa shape index (κ3) is 11.3. The standard InChI is InChI=1S/C11H23NO2Si2/c1-11(13-15(2,3)4)9-8-10-12-14-16(5,6)7/h8-10H,1H2,2-7H3/b9-8+,12-10+. The number of rotatable bonds is 6. The maximum atomic E-state index is 5.65. The summed E-state index contributed by atoms with van der Waals surface area (Å²) in [5.74, 6) is 0.679. The maximum Gasteiger partial charge on any atom is 0.278 e. The van der Waals surface area contributed by atoms with Crippen LogP contribution in [-0.4, -0.2) is 22.8 Å². The van der Waals surface area contributed by atoms with E-state index in [-0.39, 0.29) is 0 Å². The van der Waals surface area contributed by atoms with E-state index in [1.807, 2.05) is 0 Å². The van der Waals surface area contributed by atoms with Crippen molar-refractivity contribution >= 4 is 22.8 Å². The minimum absolute atomic E-state index is 0.679. The van der Waals surface area contributed by atoms with Crippen molar-refractivity contribution in [2.24, 2.45) is 5.16 Å². The molecule has 0 saturated carbocycles.